The zero-order valence-electron chi connectivity index (χ0n) is 21.3. The molecular weight excluding hydrogens is 519 g/mol. The van der Waals surface area contributed by atoms with E-state index in [2.05, 4.69) is 15.1 Å². The Balaban J connectivity index is 0.000000448. The van der Waals surface area contributed by atoms with Crippen LogP contribution in [0.4, 0.5) is 13.2 Å². The van der Waals surface area contributed by atoms with Gasteiger partial charge in [0.05, 0.1) is 25.5 Å². The number of hydrogen-bond donors (Lipinski definition) is 2. The maximum absolute atomic E-state index is 10.6. The summed E-state index contributed by atoms with van der Waals surface area (Å²) >= 11 is 0. The van der Waals surface area contributed by atoms with Crippen LogP contribution in [0.1, 0.15) is 25.7 Å². The molecule has 13 heteroatoms. The van der Waals surface area contributed by atoms with Gasteiger partial charge in [-0.1, -0.05) is 12.1 Å². The number of nitrogens with two attached hydrogens (primary N) is 1. The number of nitrogens with zero attached hydrogens (tertiary/aromatic N) is 4. The minimum atomic E-state index is -5.08. The Morgan fingerprint density at radius 1 is 1.08 bits per heavy atom. The number of rotatable bonds is 7. The molecule has 1 aliphatic carbocycles. The van der Waals surface area contributed by atoms with E-state index in [1.165, 1.54) is 0 Å². The molecule has 3 aromatic rings. The van der Waals surface area contributed by atoms with E-state index in [1.807, 2.05) is 47.0 Å². The molecule has 1 aromatic carbocycles. The summed E-state index contributed by atoms with van der Waals surface area (Å²) in [5.41, 5.74) is 7.77. The van der Waals surface area contributed by atoms with Crippen LogP contribution in [0.2, 0.25) is 0 Å². The van der Waals surface area contributed by atoms with Crippen LogP contribution in [-0.2, 0) is 9.53 Å². The lowest BCUT2D eigenvalue weighted by Crippen LogP contribution is -2.38. The third-order valence-corrected chi connectivity index (χ3v) is 6.51. The van der Waals surface area contributed by atoms with Crippen molar-refractivity contribution in [3.63, 3.8) is 0 Å². The largest absolute Gasteiger partial charge is 0.492 e. The number of aliphatic carboxylic acids is 1. The van der Waals surface area contributed by atoms with Gasteiger partial charge in [-0.2, -0.15) is 13.2 Å². The molecule has 3 N–H and O–H groups in total. The minimum absolute atomic E-state index is 0.218. The van der Waals surface area contributed by atoms with E-state index in [0.29, 0.717) is 12.6 Å². The van der Waals surface area contributed by atoms with Crippen LogP contribution in [0.25, 0.3) is 17.0 Å². The number of benzene rings is 1. The van der Waals surface area contributed by atoms with Gasteiger partial charge in [0.2, 0.25) is 0 Å². The number of carboxylic acid groups (broad SMARTS) is 1. The highest BCUT2D eigenvalue weighted by molar-refractivity contribution is 5.73. The molecule has 39 heavy (non-hydrogen) atoms. The smallest absolute Gasteiger partial charge is 0.490 e. The summed E-state index contributed by atoms with van der Waals surface area (Å²) in [6, 6.07) is 12.2. The maximum Gasteiger partial charge on any atom is 0.490 e. The lowest BCUT2D eigenvalue weighted by Gasteiger charge is -2.26. The highest BCUT2D eigenvalue weighted by Gasteiger charge is 2.38. The predicted molar refractivity (Wildman–Crippen MR) is 136 cm³/mol. The Kier molecular flexibility index (Phi) is 9.59. The van der Waals surface area contributed by atoms with Crippen molar-refractivity contribution >= 4 is 11.6 Å². The summed E-state index contributed by atoms with van der Waals surface area (Å²) in [4.78, 5) is 11.3. The molecule has 5 rings (SSSR count). The Bertz CT molecular complexity index is 1220. The van der Waals surface area contributed by atoms with E-state index in [0.717, 1.165) is 87.1 Å². The molecule has 2 aliphatic rings. The van der Waals surface area contributed by atoms with E-state index in [-0.39, 0.29) is 6.10 Å². The van der Waals surface area contributed by atoms with Crippen molar-refractivity contribution in [3.8, 4) is 22.9 Å². The fraction of sp³-hybridized carbons (Fsp3) is 0.500. The van der Waals surface area contributed by atoms with Crippen molar-refractivity contribution in [3.05, 3.63) is 42.6 Å². The highest BCUT2D eigenvalue weighted by atomic mass is 19.4. The van der Waals surface area contributed by atoms with Gasteiger partial charge in [-0.05, 0) is 49.9 Å². The van der Waals surface area contributed by atoms with E-state index >= 15 is 0 Å². The molecule has 1 aliphatic heterocycles. The van der Waals surface area contributed by atoms with Gasteiger partial charge in [0.15, 0.2) is 11.5 Å². The number of hydrogen-bond acceptors (Lipinski definition) is 8. The average Bonchev–Trinajstić information content (AvgIpc) is 3.34. The molecule has 1 saturated carbocycles. The van der Waals surface area contributed by atoms with Crippen LogP contribution in [0, 0.1) is 0 Å². The lowest BCUT2D eigenvalue weighted by molar-refractivity contribution is -0.192. The monoisotopic (exact) mass is 551 g/mol. The van der Waals surface area contributed by atoms with E-state index in [9.17, 15) is 13.2 Å². The predicted octanol–water partition coefficient (Wildman–Crippen LogP) is 3.39. The normalized spacial score (nSPS) is 20.2. The Hall–Kier alpha value is -3.42. The topological polar surface area (TPSA) is 124 Å². The standard InChI is InChI=1S/C24H31N5O3.C2HF3O2/c25-19-4-6-20(7-5-19)32-22-8-9-23-26-27-24(29(23)17-22)18-2-1-3-21(16-18)31-15-12-28-10-13-30-14-11-28;3-2(4,5)1(6)7/h1-3,8-9,16-17,19-20H,4-7,10-15,25H2;(H,6,7)/t19-,20-;. The van der Waals surface area contributed by atoms with Gasteiger partial charge in [-0.15, -0.1) is 10.2 Å². The van der Waals surface area contributed by atoms with E-state index < -0.39 is 12.1 Å². The number of pyridine rings is 1. The van der Waals surface area contributed by atoms with Crippen molar-refractivity contribution in [2.24, 2.45) is 5.73 Å². The van der Waals surface area contributed by atoms with Crippen LogP contribution < -0.4 is 15.2 Å². The fourth-order valence-corrected chi connectivity index (χ4v) is 4.38. The zero-order chi connectivity index (χ0) is 27.8. The van der Waals surface area contributed by atoms with Crippen molar-refractivity contribution in [2.75, 3.05) is 39.5 Å². The Morgan fingerprint density at radius 2 is 1.79 bits per heavy atom. The first-order chi connectivity index (χ1) is 18.7. The summed E-state index contributed by atoms with van der Waals surface area (Å²) in [7, 11) is 0. The summed E-state index contributed by atoms with van der Waals surface area (Å²) in [6.07, 6.45) is 1.14. The molecule has 0 bridgehead atoms. The van der Waals surface area contributed by atoms with Crippen LogP contribution in [-0.4, -0.2) is 88.4 Å². The second-order valence-electron chi connectivity index (χ2n) is 9.40. The zero-order valence-corrected chi connectivity index (χ0v) is 21.3. The molecular formula is C26H32F3N5O5. The maximum atomic E-state index is 10.6. The van der Waals surface area contributed by atoms with E-state index in [1.54, 1.807) is 0 Å². The molecule has 2 fully saturated rings. The van der Waals surface area contributed by atoms with E-state index in [4.69, 9.17) is 29.8 Å². The molecule has 0 radical (unpaired) electrons. The number of halogens is 3. The van der Waals surface area contributed by atoms with Gasteiger partial charge in [0.1, 0.15) is 18.1 Å². The minimum Gasteiger partial charge on any atom is -0.492 e. The van der Waals surface area contributed by atoms with Crippen molar-refractivity contribution in [2.45, 2.75) is 44.0 Å². The molecule has 1 saturated heterocycles. The molecule has 0 amide bonds. The average molecular weight is 552 g/mol. The summed E-state index contributed by atoms with van der Waals surface area (Å²) < 4.78 is 51.4. The molecule has 0 spiro atoms. The number of fused-ring (bicyclic) bond motifs is 1. The van der Waals surface area contributed by atoms with Gasteiger partial charge in [0, 0.05) is 31.2 Å². The summed E-state index contributed by atoms with van der Waals surface area (Å²) in [5.74, 6) is -0.322. The van der Waals surface area contributed by atoms with Crippen LogP contribution in [0.5, 0.6) is 11.5 Å². The number of alkyl halides is 3. The quantitative estimate of drug-likeness (QED) is 0.455. The summed E-state index contributed by atoms with van der Waals surface area (Å²) in [6.45, 7) is 5.08. The van der Waals surface area contributed by atoms with Gasteiger partial charge < -0.3 is 25.1 Å². The van der Waals surface area contributed by atoms with Gasteiger partial charge in [0.25, 0.3) is 0 Å². The summed E-state index contributed by atoms with van der Waals surface area (Å²) in [5, 5.41) is 15.9. The third-order valence-electron chi connectivity index (χ3n) is 6.51. The van der Waals surface area contributed by atoms with Gasteiger partial charge in [-0.3, -0.25) is 9.30 Å². The van der Waals surface area contributed by atoms with Crippen molar-refractivity contribution in [1.82, 2.24) is 19.5 Å². The lowest BCUT2D eigenvalue weighted by atomic mass is 9.94. The van der Waals surface area contributed by atoms with Crippen LogP contribution >= 0.6 is 0 Å². The first kappa shape index (κ1) is 28.6. The molecule has 0 unspecified atom stereocenters. The van der Waals surface area contributed by atoms with Crippen LogP contribution in [0.3, 0.4) is 0 Å². The molecule has 10 nitrogen and oxygen atoms in total. The number of aromatic nitrogens is 3. The molecule has 2 aromatic heterocycles. The number of carbonyl (C=O) groups is 1. The number of carboxylic acids is 1. The first-order valence-corrected chi connectivity index (χ1v) is 12.8. The van der Waals surface area contributed by atoms with Gasteiger partial charge >= 0.3 is 12.1 Å². The van der Waals surface area contributed by atoms with Crippen molar-refractivity contribution < 1.29 is 37.3 Å². The SMILES string of the molecule is N[C@H]1CC[C@H](Oc2ccc3nnc(-c4cccc(OCCN5CCOCC5)c4)n3c2)CC1.O=C(O)C(F)(F)F. The van der Waals surface area contributed by atoms with Crippen LogP contribution in [0.15, 0.2) is 42.6 Å². The second-order valence-corrected chi connectivity index (χ2v) is 9.40. The first-order valence-electron chi connectivity index (χ1n) is 12.8. The molecule has 3 heterocycles. The van der Waals surface area contributed by atoms with Gasteiger partial charge in [-0.25, -0.2) is 4.79 Å². The highest BCUT2D eigenvalue weighted by Crippen LogP contribution is 2.27. The Labute approximate surface area is 223 Å². The van der Waals surface area contributed by atoms with Crippen molar-refractivity contribution in [1.29, 1.82) is 0 Å². The molecule has 0 atom stereocenters. The molecule has 212 valence electrons. The second kappa shape index (κ2) is 13.1. The number of ether oxygens (including phenoxy) is 3. The number of morpholine rings is 1. The fourth-order valence-electron chi connectivity index (χ4n) is 4.38. The Morgan fingerprint density at radius 3 is 2.49 bits per heavy atom. The third kappa shape index (κ3) is 8.28.